The summed E-state index contributed by atoms with van der Waals surface area (Å²) in [5, 5.41) is 2.77. The zero-order valence-electron chi connectivity index (χ0n) is 11.4. The second-order valence-corrected chi connectivity index (χ2v) is 7.83. The van der Waals surface area contributed by atoms with Gasteiger partial charge in [-0.2, -0.15) is 0 Å². The third kappa shape index (κ3) is 4.41. The second kappa shape index (κ2) is 6.75. The Balaban J connectivity index is 2.05. The predicted octanol–water partition coefficient (Wildman–Crippen LogP) is 3.06. The summed E-state index contributed by atoms with van der Waals surface area (Å²) in [6.45, 7) is 0.555. The van der Waals surface area contributed by atoms with E-state index in [9.17, 15) is 17.6 Å². The van der Waals surface area contributed by atoms with Gasteiger partial charge in [-0.3, -0.25) is 4.79 Å². The summed E-state index contributed by atoms with van der Waals surface area (Å²) < 4.78 is 35.9. The molecule has 1 aromatic carbocycles. The molecule has 1 N–H and O–H groups in total. The Morgan fingerprint density at radius 2 is 1.95 bits per heavy atom. The molecule has 0 atom stereocenters. The summed E-state index contributed by atoms with van der Waals surface area (Å²) in [5.41, 5.74) is 0.0893. The lowest BCUT2D eigenvalue weighted by molar-refractivity contribution is 0.0943. The molecule has 1 fully saturated rings. The fraction of sp³-hybridized carbons (Fsp3) is 0.500. The second-order valence-electron chi connectivity index (χ2n) is 5.30. The normalized spacial score (nSPS) is 16.7. The smallest absolute Gasteiger partial charge is 0.264 e. The molecule has 1 amide bonds. The van der Waals surface area contributed by atoms with E-state index < -0.39 is 25.7 Å². The Kier molecular flexibility index (Phi) is 5.22. The number of rotatable bonds is 4. The summed E-state index contributed by atoms with van der Waals surface area (Å²) in [4.78, 5) is 11.3. The lowest BCUT2D eigenvalue weighted by Crippen LogP contribution is -2.30. The highest BCUT2D eigenvalue weighted by Crippen LogP contribution is 2.23. The van der Waals surface area contributed by atoms with Crippen LogP contribution in [0.3, 0.4) is 0 Å². The minimum absolute atomic E-state index is 0.0893. The van der Waals surface area contributed by atoms with Crippen molar-refractivity contribution >= 4 is 25.6 Å². The quantitative estimate of drug-likeness (QED) is 0.861. The van der Waals surface area contributed by atoms with Crippen LogP contribution in [0.1, 0.15) is 42.5 Å². The van der Waals surface area contributed by atoms with Crippen LogP contribution in [0.2, 0.25) is 0 Å². The highest BCUT2D eigenvalue weighted by molar-refractivity contribution is 8.13. The van der Waals surface area contributed by atoms with Crippen molar-refractivity contribution in [2.75, 3.05) is 6.54 Å². The zero-order chi connectivity index (χ0) is 15.5. The molecule has 1 aliphatic carbocycles. The summed E-state index contributed by atoms with van der Waals surface area (Å²) in [6, 6.07) is 3.15. The van der Waals surface area contributed by atoms with Crippen molar-refractivity contribution in [2.45, 2.75) is 37.0 Å². The van der Waals surface area contributed by atoms with Gasteiger partial charge in [0.25, 0.3) is 15.0 Å². The SMILES string of the molecule is O=C(NCC1CCCCC1)c1ccc(F)c(S(=O)(=O)Cl)c1. The Hall–Kier alpha value is -1.14. The van der Waals surface area contributed by atoms with Crippen LogP contribution in [0, 0.1) is 11.7 Å². The molecule has 7 heteroatoms. The summed E-state index contributed by atoms with van der Waals surface area (Å²) in [7, 11) is 0.932. The van der Waals surface area contributed by atoms with E-state index >= 15 is 0 Å². The molecule has 0 aromatic heterocycles. The number of carbonyl (C=O) groups excluding carboxylic acids is 1. The molecule has 4 nitrogen and oxygen atoms in total. The molecule has 1 saturated carbocycles. The Bertz CT molecular complexity index is 627. The number of carbonyl (C=O) groups is 1. The van der Waals surface area contributed by atoms with Gasteiger partial charge in [0.05, 0.1) is 0 Å². The van der Waals surface area contributed by atoms with E-state index in [-0.39, 0.29) is 5.56 Å². The van der Waals surface area contributed by atoms with E-state index in [2.05, 4.69) is 5.32 Å². The van der Waals surface area contributed by atoms with Crippen LogP contribution in [-0.2, 0) is 9.05 Å². The van der Waals surface area contributed by atoms with Gasteiger partial charge in [0.1, 0.15) is 10.7 Å². The maximum Gasteiger partial charge on any atom is 0.264 e. The average Bonchev–Trinajstić information content (AvgIpc) is 2.45. The maximum absolute atomic E-state index is 13.4. The molecule has 0 bridgehead atoms. The zero-order valence-corrected chi connectivity index (χ0v) is 13.0. The van der Waals surface area contributed by atoms with Crippen LogP contribution in [0.5, 0.6) is 0 Å². The largest absolute Gasteiger partial charge is 0.352 e. The highest BCUT2D eigenvalue weighted by Gasteiger charge is 2.20. The van der Waals surface area contributed by atoms with Crippen molar-refractivity contribution < 1.29 is 17.6 Å². The number of nitrogens with one attached hydrogen (secondary N) is 1. The van der Waals surface area contributed by atoms with Crippen LogP contribution in [0.15, 0.2) is 23.1 Å². The Morgan fingerprint density at radius 3 is 2.57 bits per heavy atom. The number of benzene rings is 1. The van der Waals surface area contributed by atoms with Gasteiger partial charge < -0.3 is 5.32 Å². The van der Waals surface area contributed by atoms with Gasteiger partial charge in [-0.25, -0.2) is 12.8 Å². The molecule has 0 radical (unpaired) electrons. The first-order valence-corrected chi connectivity index (χ1v) is 9.21. The first-order chi connectivity index (χ1) is 9.88. The number of halogens is 2. The topological polar surface area (TPSA) is 63.2 Å². The summed E-state index contributed by atoms with van der Waals surface area (Å²) in [6.07, 6.45) is 5.76. The molecule has 0 saturated heterocycles. The van der Waals surface area contributed by atoms with Crippen LogP contribution < -0.4 is 5.32 Å². The first-order valence-electron chi connectivity index (χ1n) is 6.90. The van der Waals surface area contributed by atoms with Crippen LogP contribution >= 0.6 is 10.7 Å². The summed E-state index contributed by atoms with van der Waals surface area (Å²) >= 11 is 0. The maximum atomic E-state index is 13.4. The van der Waals surface area contributed by atoms with E-state index in [0.29, 0.717) is 12.5 Å². The molecule has 0 aliphatic heterocycles. The molecule has 2 rings (SSSR count). The van der Waals surface area contributed by atoms with Gasteiger partial charge in [-0.15, -0.1) is 0 Å². The number of hydrogen-bond acceptors (Lipinski definition) is 3. The molecule has 1 aromatic rings. The molecule has 0 unspecified atom stereocenters. The van der Waals surface area contributed by atoms with E-state index in [0.717, 1.165) is 25.0 Å². The average molecular weight is 334 g/mol. The fourth-order valence-corrected chi connectivity index (χ4v) is 3.49. The van der Waals surface area contributed by atoms with Gasteiger partial charge in [0.15, 0.2) is 0 Å². The standard InChI is InChI=1S/C14H17ClFNO3S/c15-21(19,20)13-8-11(6-7-12(13)16)14(18)17-9-10-4-2-1-3-5-10/h6-8,10H,1-5,9H2,(H,17,18). The van der Waals surface area contributed by atoms with Gasteiger partial charge in [-0.05, 0) is 37.0 Å². The third-order valence-electron chi connectivity index (χ3n) is 3.73. The van der Waals surface area contributed by atoms with E-state index in [4.69, 9.17) is 10.7 Å². The number of hydrogen-bond donors (Lipinski definition) is 1. The van der Waals surface area contributed by atoms with Gasteiger partial charge in [0, 0.05) is 22.8 Å². The van der Waals surface area contributed by atoms with Crippen molar-refractivity contribution in [3.05, 3.63) is 29.6 Å². The van der Waals surface area contributed by atoms with Gasteiger partial charge in [0.2, 0.25) is 0 Å². The first kappa shape index (κ1) is 16.2. The number of amides is 1. The van der Waals surface area contributed by atoms with Gasteiger partial charge >= 0.3 is 0 Å². The minimum atomic E-state index is -4.21. The van der Waals surface area contributed by atoms with Gasteiger partial charge in [-0.1, -0.05) is 19.3 Å². The molecule has 0 heterocycles. The Labute approximate surface area is 128 Å². The lowest BCUT2D eigenvalue weighted by Gasteiger charge is -2.21. The van der Waals surface area contributed by atoms with Crippen molar-refractivity contribution in [1.82, 2.24) is 5.32 Å². The Morgan fingerprint density at radius 1 is 1.29 bits per heavy atom. The third-order valence-corrected chi connectivity index (χ3v) is 5.07. The minimum Gasteiger partial charge on any atom is -0.352 e. The molecule has 21 heavy (non-hydrogen) atoms. The molecule has 0 spiro atoms. The summed E-state index contributed by atoms with van der Waals surface area (Å²) in [5.74, 6) is -0.921. The molecule has 1 aliphatic rings. The lowest BCUT2D eigenvalue weighted by atomic mass is 9.89. The van der Waals surface area contributed by atoms with E-state index in [1.54, 1.807) is 0 Å². The van der Waals surface area contributed by atoms with Crippen LogP contribution in [0.4, 0.5) is 4.39 Å². The molecular formula is C14H17ClFNO3S. The predicted molar refractivity (Wildman–Crippen MR) is 78.3 cm³/mol. The van der Waals surface area contributed by atoms with Crippen LogP contribution in [-0.4, -0.2) is 20.9 Å². The van der Waals surface area contributed by atoms with E-state index in [1.165, 1.54) is 25.3 Å². The van der Waals surface area contributed by atoms with Crippen molar-refractivity contribution in [1.29, 1.82) is 0 Å². The monoisotopic (exact) mass is 333 g/mol. The van der Waals surface area contributed by atoms with Crippen molar-refractivity contribution in [2.24, 2.45) is 5.92 Å². The fourth-order valence-electron chi connectivity index (χ4n) is 2.56. The van der Waals surface area contributed by atoms with Crippen molar-refractivity contribution in [3.8, 4) is 0 Å². The van der Waals surface area contributed by atoms with Crippen LogP contribution in [0.25, 0.3) is 0 Å². The van der Waals surface area contributed by atoms with E-state index in [1.807, 2.05) is 0 Å². The molecule has 116 valence electrons. The molecular weight excluding hydrogens is 317 g/mol. The van der Waals surface area contributed by atoms with Crippen molar-refractivity contribution in [3.63, 3.8) is 0 Å². The highest BCUT2D eigenvalue weighted by atomic mass is 35.7.